The van der Waals surface area contributed by atoms with Crippen LogP contribution in [-0.2, 0) is 0 Å². The summed E-state index contributed by atoms with van der Waals surface area (Å²) in [6.07, 6.45) is 8.86. The molecular formula is C27H23S2+. The summed E-state index contributed by atoms with van der Waals surface area (Å²) < 4.78 is 0. The van der Waals surface area contributed by atoms with Gasteiger partial charge in [-0.25, -0.2) is 0 Å². The summed E-state index contributed by atoms with van der Waals surface area (Å²) in [4.78, 5) is 5.19. The zero-order valence-electron chi connectivity index (χ0n) is 16.6. The molecule has 4 rings (SSSR count). The van der Waals surface area contributed by atoms with Gasteiger partial charge in [-0.1, -0.05) is 72.4 Å². The first-order valence-corrected chi connectivity index (χ1v) is 11.3. The van der Waals surface area contributed by atoms with Gasteiger partial charge in [0.05, 0.1) is 0 Å². The van der Waals surface area contributed by atoms with Gasteiger partial charge >= 0.3 is 0 Å². The van der Waals surface area contributed by atoms with Crippen molar-refractivity contribution < 1.29 is 0 Å². The number of hydrogen-bond acceptors (Lipinski definition) is 1. The van der Waals surface area contributed by atoms with E-state index in [1.807, 2.05) is 23.1 Å². The highest BCUT2D eigenvalue weighted by molar-refractivity contribution is 8.12. The second-order valence-corrected chi connectivity index (χ2v) is 9.12. The van der Waals surface area contributed by atoms with Crippen LogP contribution in [0.5, 0.6) is 0 Å². The summed E-state index contributed by atoms with van der Waals surface area (Å²) in [7, 11) is 0. The molecule has 0 saturated carbocycles. The van der Waals surface area contributed by atoms with Crippen LogP contribution in [0.15, 0.2) is 114 Å². The fourth-order valence-electron chi connectivity index (χ4n) is 3.22. The lowest BCUT2D eigenvalue weighted by molar-refractivity contribution is 1.49. The van der Waals surface area contributed by atoms with Crippen molar-refractivity contribution in [1.29, 1.82) is 0 Å². The Hall–Kier alpha value is -2.68. The van der Waals surface area contributed by atoms with E-state index in [1.54, 1.807) is 0 Å². The van der Waals surface area contributed by atoms with Crippen LogP contribution in [0.2, 0.25) is 0 Å². The molecule has 0 aliphatic carbocycles. The fourth-order valence-corrected chi connectivity index (χ4v) is 5.23. The van der Waals surface area contributed by atoms with Crippen LogP contribution in [0.1, 0.15) is 24.3 Å². The van der Waals surface area contributed by atoms with E-state index in [4.69, 9.17) is 0 Å². The van der Waals surface area contributed by atoms with Crippen LogP contribution in [-0.4, -0.2) is 0 Å². The molecule has 1 aliphatic heterocycles. The van der Waals surface area contributed by atoms with Crippen LogP contribution in [0.25, 0.3) is 20.9 Å². The smallest absolute Gasteiger partial charge is 0.0892 e. The lowest BCUT2D eigenvalue weighted by Gasteiger charge is -2.13. The Labute approximate surface area is 181 Å². The van der Waals surface area contributed by atoms with Crippen LogP contribution in [0.4, 0.5) is 0 Å². The number of hydrogen-bond donors (Lipinski definition) is 0. The van der Waals surface area contributed by atoms with Crippen molar-refractivity contribution >= 4 is 33.6 Å². The van der Waals surface area contributed by atoms with Gasteiger partial charge in [-0.05, 0) is 55.3 Å². The third kappa shape index (κ3) is 4.84. The van der Waals surface area contributed by atoms with E-state index in [9.17, 15) is 0 Å². The Morgan fingerprint density at radius 1 is 0.793 bits per heavy atom. The quantitative estimate of drug-likeness (QED) is 0.387. The summed E-state index contributed by atoms with van der Waals surface area (Å²) in [5, 5.41) is 0. The number of thioether (sulfide) groups is 1. The Balaban J connectivity index is 1.59. The molecule has 2 aromatic carbocycles. The highest BCUT2D eigenvalue weighted by Gasteiger charge is 2.16. The van der Waals surface area contributed by atoms with Crippen molar-refractivity contribution in [1.82, 2.24) is 0 Å². The van der Waals surface area contributed by atoms with Crippen molar-refractivity contribution in [3.05, 3.63) is 124 Å². The maximum absolute atomic E-state index is 2.31. The highest BCUT2D eigenvalue weighted by Crippen LogP contribution is 2.39. The molecule has 0 fully saturated rings. The van der Waals surface area contributed by atoms with Crippen molar-refractivity contribution in [2.24, 2.45) is 0 Å². The Morgan fingerprint density at radius 2 is 1.48 bits per heavy atom. The number of allylic oxidation sites excluding steroid dienone is 6. The molecule has 2 heterocycles. The molecule has 0 bridgehead atoms. The molecule has 1 aromatic heterocycles. The maximum Gasteiger partial charge on any atom is 0.238 e. The normalized spacial score (nSPS) is 15.8. The minimum absolute atomic E-state index is 1.27. The second kappa shape index (κ2) is 9.21. The van der Waals surface area contributed by atoms with Gasteiger partial charge in [0.15, 0.2) is 0 Å². The number of rotatable bonds is 4. The molecule has 142 valence electrons. The summed E-state index contributed by atoms with van der Waals surface area (Å²) in [5.74, 6) is 0. The molecule has 0 saturated heterocycles. The standard InChI is InChI=1S/C27H23S2/c1-20(24-15-9-17-26(28-24)22-11-5-3-6-12-22)19-21(2)25-16-10-18-27(29-25)23-13-7-4-8-14-23/h3-19H,1-2H3/q+1. The van der Waals surface area contributed by atoms with Crippen molar-refractivity contribution in [2.75, 3.05) is 0 Å². The first-order chi connectivity index (χ1) is 14.2. The van der Waals surface area contributed by atoms with Gasteiger partial charge in [0.25, 0.3) is 0 Å². The van der Waals surface area contributed by atoms with E-state index in [2.05, 4.69) is 117 Å². The fraction of sp³-hybridized carbons (Fsp3) is 0.0741. The lowest BCUT2D eigenvalue weighted by atomic mass is 10.1. The van der Waals surface area contributed by atoms with E-state index < -0.39 is 0 Å². The van der Waals surface area contributed by atoms with Gasteiger partial charge < -0.3 is 0 Å². The van der Waals surface area contributed by atoms with E-state index >= 15 is 0 Å². The molecule has 2 heteroatoms. The van der Waals surface area contributed by atoms with Gasteiger partial charge in [0.2, 0.25) is 21.1 Å². The predicted octanol–water partition coefficient (Wildman–Crippen LogP) is 8.72. The topological polar surface area (TPSA) is 0 Å². The van der Waals surface area contributed by atoms with Crippen LogP contribution in [0, 0.1) is 0 Å². The van der Waals surface area contributed by atoms with E-state index in [0.717, 1.165) is 0 Å². The van der Waals surface area contributed by atoms with Crippen molar-refractivity contribution in [3.8, 4) is 10.4 Å². The SMILES string of the molecule is C/C(=C\C(C)=C1/C=CC=C(c2ccccc2)S1)c1cccc(-c2ccccc2)[s+]1. The molecule has 1 aliphatic rings. The lowest BCUT2D eigenvalue weighted by Crippen LogP contribution is -1.88. The Kier molecular flexibility index (Phi) is 6.24. The molecule has 0 atom stereocenters. The van der Waals surface area contributed by atoms with Gasteiger partial charge in [-0.3, -0.25) is 0 Å². The van der Waals surface area contributed by atoms with Crippen molar-refractivity contribution in [2.45, 2.75) is 13.8 Å². The largest absolute Gasteiger partial charge is 0.238 e. The second-order valence-electron chi connectivity index (χ2n) is 6.96. The Bertz CT molecular complexity index is 1120. The minimum atomic E-state index is 1.27. The van der Waals surface area contributed by atoms with E-state index in [0.29, 0.717) is 0 Å². The van der Waals surface area contributed by atoms with Gasteiger partial charge in [-0.15, -0.1) is 0 Å². The molecule has 29 heavy (non-hydrogen) atoms. The molecular weight excluding hydrogens is 388 g/mol. The molecule has 3 aromatic rings. The average Bonchev–Trinajstić information content (AvgIpc) is 2.80. The molecule has 0 amide bonds. The van der Waals surface area contributed by atoms with Gasteiger partial charge in [-0.2, -0.15) is 0 Å². The first kappa shape index (κ1) is 19.6. The summed E-state index contributed by atoms with van der Waals surface area (Å²) in [6.45, 7) is 4.41. The first-order valence-electron chi connectivity index (χ1n) is 9.70. The molecule has 0 radical (unpaired) electrons. The monoisotopic (exact) mass is 411 g/mol. The van der Waals surface area contributed by atoms with Gasteiger partial charge in [0, 0.05) is 33.1 Å². The minimum Gasteiger partial charge on any atom is -0.0892 e. The maximum atomic E-state index is 2.31. The van der Waals surface area contributed by atoms with Crippen LogP contribution in [0.3, 0.4) is 0 Å². The third-order valence-electron chi connectivity index (χ3n) is 4.76. The van der Waals surface area contributed by atoms with Crippen LogP contribution >= 0.6 is 23.1 Å². The van der Waals surface area contributed by atoms with E-state index in [-0.39, 0.29) is 0 Å². The predicted molar refractivity (Wildman–Crippen MR) is 132 cm³/mol. The van der Waals surface area contributed by atoms with E-state index in [1.165, 1.54) is 41.8 Å². The molecule has 0 nitrogen and oxygen atoms in total. The van der Waals surface area contributed by atoms with Crippen LogP contribution < -0.4 is 0 Å². The molecule has 0 unspecified atom stereocenters. The van der Waals surface area contributed by atoms with Gasteiger partial charge in [0.1, 0.15) is 0 Å². The zero-order valence-corrected chi connectivity index (χ0v) is 18.3. The van der Waals surface area contributed by atoms with Crippen molar-refractivity contribution in [3.63, 3.8) is 0 Å². The summed E-state index contributed by atoms with van der Waals surface area (Å²) in [6, 6.07) is 27.7. The zero-order chi connectivity index (χ0) is 20.1. The average molecular weight is 412 g/mol. The molecule has 0 N–H and O–H groups in total. The number of benzene rings is 2. The highest BCUT2D eigenvalue weighted by atomic mass is 32.2. The Morgan fingerprint density at radius 3 is 2.21 bits per heavy atom. The molecule has 0 spiro atoms. The summed E-state index contributed by atoms with van der Waals surface area (Å²) in [5.41, 5.74) is 5.13. The summed E-state index contributed by atoms with van der Waals surface area (Å²) >= 11 is 3.69. The third-order valence-corrected chi connectivity index (χ3v) is 7.30.